The van der Waals surface area contributed by atoms with E-state index in [4.69, 9.17) is 14.5 Å². The Hall–Kier alpha value is -1.75. The van der Waals surface area contributed by atoms with Gasteiger partial charge in [0.1, 0.15) is 11.5 Å². The third kappa shape index (κ3) is 6.63. The van der Waals surface area contributed by atoms with E-state index in [2.05, 4.69) is 39.6 Å². The van der Waals surface area contributed by atoms with E-state index in [0.717, 1.165) is 61.3 Å². The van der Waals surface area contributed by atoms with Crippen LogP contribution in [0.2, 0.25) is 0 Å². The Bertz CT molecular complexity index is 799. The average Bonchev–Trinajstić information content (AvgIpc) is 3.17. The van der Waals surface area contributed by atoms with Crippen molar-refractivity contribution in [2.75, 3.05) is 38.8 Å². The smallest absolute Gasteiger partial charge is 0.191 e. The molecule has 9 heteroatoms. The van der Waals surface area contributed by atoms with Gasteiger partial charge in [-0.15, -0.1) is 35.3 Å². The number of methoxy groups -OCH3 is 2. The summed E-state index contributed by atoms with van der Waals surface area (Å²) in [5.41, 5.74) is 4.08. The van der Waals surface area contributed by atoms with Crippen LogP contribution in [0.15, 0.2) is 28.7 Å². The Balaban J connectivity index is 0.00000320. The van der Waals surface area contributed by atoms with Gasteiger partial charge in [-0.3, -0.25) is 0 Å². The summed E-state index contributed by atoms with van der Waals surface area (Å²) in [6.07, 6.45) is 2.09. The Morgan fingerprint density at radius 2 is 1.87 bits per heavy atom. The maximum absolute atomic E-state index is 5.41. The van der Waals surface area contributed by atoms with Gasteiger partial charge in [-0.1, -0.05) is 0 Å². The fourth-order valence-corrected chi connectivity index (χ4v) is 4.10. The molecule has 0 saturated carbocycles. The van der Waals surface area contributed by atoms with Gasteiger partial charge in [0.2, 0.25) is 0 Å². The molecule has 30 heavy (non-hydrogen) atoms. The van der Waals surface area contributed by atoms with Crippen molar-refractivity contribution in [1.29, 1.82) is 0 Å². The molecule has 0 aliphatic carbocycles. The highest BCUT2D eigenvalue weighted by atomic mass is 127. The lowest BCUT2D eigenvalue weighted by atomic mass is 10.0. The number of benzene rings is 1. The first-order chi connectivity index (χ1) is 14.1. The van der Waals surface area contributed by atoms with Gasteiger partial charge in [0.15, 0.2) is 5.96 Å². The molecule has 166 valence electrons. The topological polar surface area (TPSA) is 71.0 Å². The SMILES string of the molecule is CCNC(=NCc1scnc1C)NC1CCN(c2cc(OC)cc(OC)c2)CC1.I. The lowest BCUT2D eigenvalue weighted by Crippen LogP contribution is -2.48. The van der Waals surface area contributed by atoms with Crippen LogP contribution >= 0.6 is 35.3 Å². The molecular weight excluding hydrogens is 513 g/mol. The summed E-state index contributed by atoms with van der Waals surface area (Å²) in [4.78, 5) is 12.6. The van der Waals surface area contributed by atoms with Crippen molar-refractivity contribution >= 4 is 47.0 Å². The van der Waals surface area contributed by atoms with Crippen LogP contribution < -0.4 is 25.0 Å². The van der Waals surface area contributed by atoms with Crippen LogP contribution in [0.1, 0.15) is 30.3 Å². The standard InChI is InChI=1S/C21H31N5O2S.HI/c1-5-22-21(23-13-20-15(2)24-14-29-20)25-16-6-8-26(9-7-16)17-10-18(27-3)12-19(11-17)28-4;/h10-12,14,16H,5-9,13H2,1-4H3,(H2,22,23,25);1H. The van der Waals surface area contributed by atoms with E-state index in [1.165, 1.54) is 4.88 Å². The molecule has 0 amide bonds. The molecule has 1 aromatic carbocycles. The minimum Gasteiger partial charge on any atom is -0.497 e. The number of piperidine rings is 1. The van der Waals surface area contributed by atoms with Gasteiger partial charge in [-0.25, -0.2) is 9.98 Å². The number of ether oxygens (including phenoxy) is 2. The molecule has 1 aromatic heterocycles. The molecule has 0 radical (unpaired) electrons. The maximum atomic E-state index is 5.41. The van der Waals surface area contributed by atoms with Gasteiger partial charge in [-0.2, -0.15) is 0 Å². The lowest BCUT2D eigenvalue weighted by Gasteiger charge is -2.34. The first-order valence-corrected chi connectivity index (χ1v) is 10.9. The summed E-state index contributed by atoms with van der Waals surface area (Å²) in [5, 5.41) is 6.96. The van der Waals surface area contributed by atoms with Gasteiger partial charge >= 0.3 is 0 Å². The Morgan fingerprint density at radius 1 is 1.20 bits per heavy atom. The second kappa shape index (κ2) is 12.2. The summed E-state index contributed by atoms with van der Waals surface area (Å²) >= 11 is 1.66. The van der Waals surface area contributed by atoms with E-state index in [9.17, 15) is 0 Å². The highest BCUT2D eigenvalue weighted by molar-refractivity contribution is 14.0. The van der Waals surface area contributed by atoms with Crippen LogP contribution in [0.5, 0.6) is 11.5 Å². The molecule has 0 atom stereocenters. The molecular formula is C21H32IN5O2S. The molecule has 1 aliphatic rings. The molecule has 2 aromatic rings. The number of aryl methyl sites for hydroxylation is 1. The molecule has 3 rings (SSSR count). The quantitative estimate of drug-likeness (QED) is 0.314. The van der Waals surface area contributed by atoms with E-state index >= 15 is 0 Å². The lowest BCUT2D eigenvalue weighted by molar-refractivity contribution is 0.393. The van der Waals surface area contributed by atoms with Crippen LogP contribution in [0.3, 0.4) is 0 Å². The number of halogens is 1. The average molecular weight is 545 g/mol. The van der Waals surface area contributed by atoms with E-state index in [1.54, 1.807) is 25.6 Å². The summed E-state index contributed by atoms with van der Waals surface area (Å²) in [5.74, 6) is 2.51. The fourth-order valence-electron chi connectivity index (χ4n) is 3.40. The first kappa shape index (κ1) is 24.5. The molecule has 0 spiro atoms. The summed E-state index contributed by atoms with van der Waals surface area (Å²) in [6.45, 7) is 7.58. The summed E-state index contributed by atoms with van der Waals surface area (Å²) in [7, 11) is 3.37. The van der Waals surface area contributed by atoms with Crippen LogP contribution in [0.25, 0.3) is 0 Å². The van der Waals surface area contributed by atoms with Crippen LogP contribution in [0.4, 0.5) is 5.69 Å². The summed E-state index contributed by atoms with van der Waals surface area (Å²) < 4.78 is 10.8. The van der Waals surface area contributed by atoms with Crippen molar-refractivity contribution in [2.24, 2.45) is 4.99 Å². The van der Waals surface area contributed by atoms with E-state index in [1.807, 2.05) is 18.5 Å². The predicted molar refractivity (Wildman–Crippen MR) is 135 cm³/mol. The largest absolute Gasteiger partial charge is 0.497 e. The molecule has 1 fully saturated rings. The normalized spacial score (nSPS) is 14.8. The molecule has 2 heterocycles. The molecule has 1 aliphatic heterocycles. The van der Waals surface area contributed by atoms with Crippen molar-refractivity contribution in [1.82, 2.24) is 15.6 Å². The second-order valence-electron chi connectivity index (χ2n) is 7.03. The predicted octanol–water partition coefficient (Wildman–Crippen LogP) is 3.81. The number of aliphatic imine (C=N–C) groups is 1. The van der Waals surface area contributed by atoms with E-state index in [-0.39, 0.29) is 24.0 Å². The van der Waals surface area contributed by atoms with Gasteiger partial charge < -0.3 is 25.0 Å². The van der Waals surface area contributed by atoms with E-state index in [0.29, 0.717) is 12.6 Å². The van der Waals surface area contributed by atoms with Crippen LogP contribution in [0, 0.1) is 6.92 Å². The Morgan fingerprint density at radius 3 is 2.40 bits per heavy atom. The van der Waals surface area contributed by atoms with Gasteiger partial charge in [0, 0.05) is 54.4 Å². The first-order valence-electron chi connectivity index (χ1n) is 10.0. The Kier molecular flexibility index (Phi) is 9.96. The maximum Gasteiger partial charge on any atom is 0.191 e. The number of nitrogens with zero attached hydrogens (tertiary/aromatic N) is 3. The highest BCUT2D eigenvalue weighted by Gasteiger charge is 2.21. The zero-order chi connectivity index (χ0) is 20.6. The number of anilines is 1. The van der Waals surface area contributed by atoms with Crippen molar-refractivity contribution in [3.63, 3.8) is 0 Å². The highest BCUT2D eigenvalue weighted by Crippen LogP contribution is 2.30. The zero-order valence-corrected chi connectivity index (χ0v) is 21.3. The minimum absolute atomic E-state index is 0. The molecule has 0 bridgehead atoms. The number of rotatable bonds is 7. The summed E-state index contributed by atoms with van der Waals surface area (Å²) in [6, 6.07) is 6.44. The number of hydrogen-bond acceptors (Lipinski definition) is 6. The number of aromatic nitrogens is 1. The number of nitrogens with one attached hydrogen (secondary N) is 2. The van der Waals surface area contributed by atoms with Crippen LogP contribution in [-0.2, 0) is 6.54 Å². The van der Waals surface area contributed by atoms with Crippen molar-refractivity contribution in [3.05, 3.63) is 34.3 Å². The number of guanidine groups is 1. The Labute approximate surface area is 200 Å². The van der Waals surface area contributed by atoms with Crippen molar-refractivity contribution in [2.45, 2.75) is 39.3 Å². The third-order valence-electron chi connectivity index (χ3n) is 5.11. The number of thiazole rings is 1. The fraction of sp³-hybridized carbons (Fsp3) is 0.524. The molecule has 2 N–H and O–H groups in total. The van der Waals surface area contributed by atoms with Crippen LogP contribution in [-0.4, -0.2) is 50.8 Å². The van der Waals surface area contributed by atoms with E-state index < -0.39 is 0 Å². The molecule has 0 unspecified atom stereocenters. The third-order valence-corrected chi connectivity index (χ3v) is 6.03. The van der Waals surface area contributed by atoms with Crippen molar-refractivity contribution in [3.8, 4) is 11.5 Å². The minimum atomic E-state index is 0. The number of hydrogen-bond donors (Lipinski definition) is 2. The zero-order valence-electron chi connectivity index (χ0n) is 18.1. The van der Waals surface area contributed by atoms with Gasteiger partial charge in [0.05, 0.1) is 32.0 Å². The van der Waals surface area contributed by atoms with Gasteiger partial charge in [-0.05, 0) is 26.7 Å². The molecule has 7 nitrogen and oxygen atoms in total. The second-order valence-corrected chi connectivity index (χ2v) is 7.97. The molecule has 1 saturated heterocycles. The van der Waals surface area contributed by atoms with Gasteiger partial charge in [0.25, 0.3) is 0 Å². The monoisotopic (exact) mass is 545 g/mol. The van der Waals surface area contributed by atoms with Crippen molar-refractivity contribution < 1.29 is 9.47 Å².